The van der Waals surface area contributed by atoms with E-state index in [-0.39, 0.29) is 0 Å². The summed E-state index contributed by atoms with van der Waals surface area (Å²) < 4.78 is 0. The molecule has 0 amide bonds. The summed E-state index contributed by atoms with van der Waals surface area (Å²) in [5.74, 6) is 0.682. The first-order valence-corrected chi connectivity index (χ1v) is 8.02. The number of rotatable bonds is 5. The zero-order valence-corrected chi connectivity index (χ0v) is 13.2. The molecule has 2 atom stereocenters. The van der Waals surface area contributed by atoms with Crippen molar-refractivity contribution in [3.8, 4) is 0 Å². The summed E-state index contributed by atoms with van der Waals surface area (Å²) >= 11 is 3.66. The molecule has 0 aromatic carbocycles. The van der Waals surface area contributed by atoms with Crippen molar-refractivity contribution in [2.24, 2.45) is 11.3 Å². The Morgan fingerprint density at radius 3 is 2.59 bits per heavy atom. The van der Waals surface area contributed by atoms with Gasteiger partial charge in [0.05, 0.1) is 0 Å². The van der Waals surface area contributed by atoms with E-state index in [0.29, 0.717) is 24.0 Å². The summed E-state index contributed by atoms with van der Waals surface area (Å²) in [5, 5.41) is 10.2. The fraction of sp³-hybridized carbons (Fsp3) is 1.00. The van der Waals surface area contributed by atoms with Crippen LogP contribution in [0.1, 0.15) is 46.5 Å². The zero-order chi connectivity index (χ0) is 12.9. The highest BCUT2D eigenvalue weighted by molar-refractivity contribution is 9.09. The van der Waals surface area contributed by atoms with Crippen LogP contribution in [0.5, 0.6) is 0 Å². The van der Waals surface area contributed by atoms with Gasteiger partial charge >= 0.3 is 0 Å². The minimum atomic E-state index is 0.329. The van der Waals surface area contributed by atoms with Crippen molar-refractivity contribution in [1.29, 1.82) is 0 Å². The van der Waals surface area contributed by atoms with Gasteiger partial charge in [0.25, 0.3) is 0 Å². The highest BCUT2D eigenvalue weighted by atomic mass is 79.9. The molecule has 17 heavy (non-hydrogen) atoms. The number of piperidine rings is 1. The molecule has 0 saturated carbocycles. The largest absolute Gasteiger partial charge is 0.396 e. The van der Waals surface area contributed by atoms with Gasteiger partial charge in [-0.1, -0.05) is 43.1 Å². The van der Waals surface area contributed by atoms with Crippen LogP contribution in [0, 0.1) is 11.3 Å². The number of hydrogen-bond acceptors (Lipinski definition) is 2. The van der Waals surface area contributed by atoms with Gasteiger partial charge < -0.3 is 5.11 Å². The van der Waals surface area contributed by atoms with Crippen molar-refractivity contribution in [2.75, 3.05) is 25.0 Å². The molecule has 0 radical (unpaired) electrons. The lowest BCUT2D eigenvalue weighted by Crippen LogP contribution is -2.45. The number of aliphatic hydroxyl groups excluding tert-OH is 1. The maximum absolute atomic E-state index is 9.15. The average molecular weight is 306 g/mol. The predicted octanol–water partition coefficient (Wildman–Crippen LogP) is 3.28. The van der Waals surface area contributed by atoms with E-state index >= 15 is 0 Å². The average Bonchev–Trinajstić information content (AvgIpc) is 2.26. The number of hydrogen-bond donors (Lipinski definition) is 1. The minimum Gasteiger partial charge on any atom is -0.396 e. The van der Waals surface area contributed by atoms with Crippen LogP contribution in [-0.2, 0) is 0 Å². The molecular weight excluding hydrogens is 278 g/mol. The van der Waals surface area contributed by atoms with E-state index in [1.807, 2.05) is 0 Å². The zero-order valence-electron chi connectivity index (χ0n) is 11.6. The van der Waals surface area contributed by atoms with E-state index in [4.69, 9.17) is 5.11 Å². The first kappa shape index (κ1) is 15.5. The number of likely N-dealkylation sites (tertiary alicyclic amines) is 1. The summed E-state index contributed by atoms with van der Waals surface area (Å²) in [5.41, 5.74) is 0.352. The van der Waals surface area contributed by atoms with Crippen molar-refractivity contribution in [2.45, 2.75) is 52.5 Å². The van der Waals surface area contributed by atoms with E-state index in [2.05, 4.69) is 41.6 Å². The second kappa shape index (κ2) is 7.10. The molecule has 1 fully saturated rings. The van der Waals surface area contributed by atoms with E-state index < -0.39 is 0 Å². The van der Waals surface area contributed by atoms with Crippen LogP contribution < -0.4 is 0 Å². The van der Waals surface area contributed by atoms with Crippen LogP contribution in [0.4, 0.5) is 0 Å². The standard InChI is InChI=1S/C14H28BrNO/c1-14(2,3)12(10-15)11-16-8-5-4-6-13(16)7-9-17/h12-13,17H,4-11H2,1-3H3. The first-order chi connectivity index (χ1) is 7.99. The van der Waals surface area contributed by atoms with Gasteiger partial charge in [-0.25, -0.2) is 0 Å². The van der Waals surface area contributed by atoms with Crippen molar-refractivity contribution in [1.82, 2.24) is 4.90 Å². The van der Waals surface area contributed by atoms with Crippen molar-refractivity contribution < 1.29 is 5.11 Å². The van der Waals surface area contributed by atoms with Crippen LogP contribution in [0.15, 0.2) is 0 Å². The summed E-state index contributed by atoms with van der Waals surface area (Å²) in [6.45, 7) is 9.68. The van der Waals surface area contributed by atoms with Gasteiger partial charge in [0.15, 0.2) is 0 Å². The van der Waals surface area contributed by atoms with Crippen molar-refractivity contribution >= 4 is 15.9 Å². The fourth-order valence-corrected chi connectivity index (χ4v) is 3.79. The minimum absolute atomic E-state index is 0.329. The van der Waals surface area contributed by atoms with E-state index in [0.717, 1.165) is 11.8 Å². The summed E-state index contributed by atoms with van der Waals surface area (Å²) in [7, 11) is 0. The lowest BCUT2D eigenvalue weighted by atomic mass is 9.81. The first-order valence-electron chi connectivity index (χ1n) is 6.90. The topological polar surface area (TPSA) is 23.5 Å². The third-order valence-electron chi connectivity index (χ3n) is 4.08. The normalized spacial score (nSPS) is 24.9. The van der Waals surface area contributed by atoms with Crippen LogP contribution >= 0.6 is 15.9 Å². The molecule has 102 valence electrons. The van der Waals surface area contributed by atoms with Gasteiger partial charge in [-0.05, 0) is 37.1 Å². The van der Waals surface area contributed by atoms with Crippen molar-refractivity contribution in [3.05, 3.63) is 0 Å². The Morgan fingerprint density at radius 1 is 1.35 bits per heavy atom. The lowest BCUT2D eigenvalue weighted by Gasteiger charge is -2.40. The number of aliphatic hydroxyl groups is 1. The highest BCUT2D eigenvalue weighted by Gasteiger charge is 2.29. The van der Waals surface area contributed by atoms with E-state index in [9.17, 15) is 0 Å². The molecule has 1 rings (SSSR count). The third-order valence-corrected chi connectivity index (χ3v) is 4.86. The Hall–Kier alpha value is 0.400. The second-order valence-electron chi connectivity index (χ2n) is 6.37. The maximum Gasteiger partial charge on any atom is 0.0445 e. The highest BCUT2D eigenvalue weighted by Crippen LogP contribution is 2.30. The summed E-state index contributed by atoms with van der Waals surface area (Å²) in [4.78, 5) is 2.61. The van der Waals surface area contributed by atoms with Gasteiger partial charge in [-0.3, -0.25) is 4.90 Å². The fourth-order valence-electron chi connectivity index (χ4n) is 2.61. The molecule has 0 aliphatic carbocycles. The smallest absolute Gasteiger partial charge is 0.0445 e. The molecule has 1 heterocycles. The van der Waals surface area contributed by atoms with Gasteiger partial charge in [-0.2, -0.15) is 0 Å². The molecule has 2 unspecified atom stereocenters. The Kier molecular flexibility index (Phi) is 6.46. The number of halogens is 1. The molecule has 1 aliphatic heterocycles. The monoisotopic (exact) mass is 305 g/mol. The van der Waals surface area contributed by atoms with Gasteiger partial charge in [0.2, 0.25) is 0 Å². The third kappa shape index (κ3) is 4.88. The number of nitrogens with zero attached hydrogens (tertiary/aromatic N) is 1. The van der Waals surface area contributed by atoms with E-state index in [1.165, 1.54) is 32.4 Å². The van der Waals surface area contributed by atoms with E-state index in [1.54, 1.807) is 0 Å². The summed E-state index contributed by atoms with van der Waals surface area (Å²) in [6.07, 6.45) is 4.86. The Morgan fingerprint density at radius 2 is 2.06 bits per heavy atom. The maximum atomic E-state index is 9.15. The molecule has 1 aliphatic rings. The van der Waals surface area contributed by atoms with Gasteiger partial charge in [0, 0.05) is 24.5 Å². The quantitative estimate of drug-likeness (QED) is 0.788. The van der Waals surface area contributed by atoms with Crippen LogP contribution in [0.25, 0.3) is 0 Å². The van der Waals surface area contributed by atoms with Crippen LogP contribution in [0.3, 0.4) is 0 Å². The Labute approximate surface area is 115 Å². The lowest BCUT2D eigenvalue weighted by molar-refractivity contribution is 0.0805. The molecule has 0 aromatic heterocycles. The molecule has 1 N–H and O–H groups in total. The Bertz CT molecular complexity index is 213. The summed E-state index contributed by atoms with van der Waals surface area (Å²) in [6, 6.07) is 0.609. The second-order valence-corrected chi connectivity index (χ2v) is 7.02. The Balaban J connectivity index is 2.56. The van der Waals surface area contributed by atoms with Gasteiger partial charge in [0.1, 0.15) is 0 Å². The molecular formula is C14H28BrNO. The molecule has 2 nitrogen and oxygen atoms in total. The SMILES string of the molecule is CC(C)(C)C(CBr)CN1CCCCC1CCO. The van der Waals surface area contributed by atoms with Crippen LogP contribution in [-0.4, -0.2) is 41.1 Å². The molecule has 0 aromatic rings. The van der Waals surface area contributed by atoms with Crippen LogP contribution in [0.2, 0.25) is 0 Å². The van der Waals surface area contributed by atoms with Crippen molar-refractivity contribution in [3.63, 3.8) is 0 Å². The molecule has 0 spiro atoms. The molecule has 0 bridgehead atoms. The predicted molar refractivity (Wildman–Crippen MR) is 77.7 cm³/mol. The molecule has 3 heteroatoms. The van der Waals surface area contributed by atoms with Gasteiger partial charge in [-0.15, -0.1) is 0 Å². The molecule has 1 saturated heterocycles. The number of alkyl halides is 1.